The lowest BCUT2D eigenvalue weighted by Gasteiger charge is -1.94. The van der Waals surface area contributed by atoms with Crippen LogP contribution in [0.1, 0.15) is 13.3 Å². The van der Waals surface area contributed by atoms with Crippen LogP contribution < -0.4 is 9.61 Å². The smallest absolute Gasteiger partial charge is 0.325 e. The summed E-state index contributed by atoms with van der Waals surface area (Å²) in [6.07, 6.45) is 0.924. The fraction of sp³-hybridized carbons (Fsp3) is 0.600. The van der Waals surface area contributed by atoms with E-state index in [0.29, 0.717) is 11.8 Å². The van der Waals surface area contributed by atoms with Crippen LogP contribution in [0, 0.1) is 0 Å². The Morgan fingerprint density at radius 3 is 3.10 bits per heavy atom. The first-order chi connectivity index (χ1) is 4.83. The molecule has 1 aromatic heterocycles. The Labute approximate surface area is 61.8 Å². The van der Waals surface area contributed by atoms with E-state index in [1.807, 2.05) is 6.92 Å². The number of rotatable bonds is 3. The van der Waals surface area contributed by atoms with Crippen molar-refractivity contribution in [3.63, 3.8) is 0 Å². The van der Waals surface area contributed by atoms with E-state index in [-0.39, 0.29) is 4.87 Å². The second-order valence-corrected chi connectivity index (χ2v) is 2.65. The second-order valence-electron chi connectivity index (χ2n) is 1.73. The van der Waals surface area contributed by atoms with Gasteiger partial charge in [-0.1, -0.05) is 6.92 Å². The van der Waals surface area contributed by atoms with Crippen molar-refractivity contribution in [1.29, 1.82) is 0 Å². The van der Waals surface area contributed by atoms with E-state index >= 15 is 0 Å². The maximum absolute atomic E-state index is 10.5. The maximum atomic E-state index is 10.5. The maximum Gasteiger partial charge on any atom is 0.325 e. The molecule has 0 bridgehead atoms. The number of aromatic amines is 1. The van der Waals surface area contributed by atoms with E-state index in [2.05, 4.69) is 10.2 Å². The van der Waals surface area contributed by atoms with Gasteiger partial charge in [-0.15, -0.1) is 5.10 Å². The van der Waals surface area contributed by atoms with E-state index in [1.54, 1.807) is 0 Å². The van der Waals surface area contributed by atoms with Crippen molar-refractivity contribution in [3.8, 4) is 5.19 Å². The van der Waals surface area contributed by atoms with Gasteiger partial charge < -0.3 is 4.74 Å². The van der Waals surface area contributed by atoms with Crippen LogP contribution in [0.5, 0.6) is 5.19 Å². The number of hydrogen-bond acceptors (Lipinski definition) is 4. The predicted octanol–water partition coefficient (Wildman–Crippen LogP) is 0.620. The molecular formula is C5H8N2O2S. The summed E-state index contributed by atoms with van der Waals surface area (Å²) in [6.45, 7) is 2.61. The highest BCUT2D eigenvalue weighted by atomic mass is 32.1. The fourth-order valence-corrected chi connectivity index (χ4v) is 0.951. The molecule has 0 amide bonds. The first kappa shape index (κ1) is 7.27. The van der Waals surface area contributed by atoms with Crippen molar-refractivity contribution < 1.29 is 4.74 Å². The number of nitrogens with zero attached hydrogens (tertiary/aromatic N) is 1. The molecule has 0 spiro atoms. The zero-order valence-corrected chi connectivity index (χ0v) is 6.40. The van der Waals surface area contributed by atoms with Gasteiger partial charge in [-0.2, -0.15) is 0 Å². The third-order valence-electron chi connectivity index (χ3n) is 0.848. The first-order valence-corrected chi connectivity index (χ1v) is 3.83. The normalized spacial score (nSPS) is 9.70. The standard InChI is InChI=1S/C5H8N2O2S/c1-2-3-9-5-7-6-4(8)10-5/h2-3H2,1H3,(H,6,8). The van der Waals surface area contributed by atoms with Crippen molar-refractivity contribution in [2.24, 2.45) is 0 Å². The summed E-state index contributed by atoms with van der Waals surface area (Å²) in [7, 11) is 0. The molecule has 0 aliphatic heterocycles. The Kier molecular flexibility index (Phi) is 2.44. The van der Waals surface area contributed by atoms with Crippen LogP contribution in [0.4, 0.5) is 0 Å². The summed E-state index contributed by atoms with van der Waals surface area (Å²) in [5.41, 5.74) is 0. The van der Waals surface area contributed by atoms with Gasteiger partial charge >= 0.3 is 4.87 Å². The molecule has 0 saturated heterocycles. The van der Waals surface area contributed by atoms with Gasteiger partial charge in [0.15, 0.2) is 0 Å². The predicted molar refractivity (Wildman–Crippen MR) is 38.5 cm³/mol. The number of ether oxygens (including phenoxy) is 1. The number of H-pyrrole nitrogens is 1. The number of aromatic nitrogens is 2. The van der Waals surface area contributed by atoms with E-state index in [9.17, 15) is 4.79 Å². The van der Waals surface area contributed by atoms with Crippen molar-refractivity contribution >= 4 is 11.3 Å². The highest BCUT2D eigenvalue weighted by Crippen LogP contribution is 2.06. The molecule has 1 rings (SSSR count). The Morgan fingerprint density at radius 2 is 2.60 bits per heavy atom. The molecule has 1 aromatic rings. The van der Waals surface area contributed by atoms with Crippen LogP contribution in [-0.4, -0.2) is 16.8 Å². The van der Waals surface area contributed by atoms with Crippen molar-refractivity contribution in [2.45, 2.75) is 13.3 Å². The molecule has 4 nitrogen and oxygen atoms in total. The van der Waals surface area contributed by atoms with Gasteiger partial charge in [0.25, 0.3) is 5.19 Å². The van der Waals surface area contributed by atoms with E-state index in [0.717, 1.165) is 17.8 Å². The van der Waals surface area contributed by atoms with Gasteiger partial charge in [0.1, 0.15) is 0 Å². The van der Waals surface area contributed by atoms with Crippen LogP contribution >= 0.6 is 11.3 Å². The topological polar surface area (TPSA) is 55.0 Å². The monoisotopic (exact) mass is 160 g/mol. The molecule has 0 unspecified atom stereocenters. The Hall–Kier alpha value is -0.840. The van der Waals surface area contributed by atoms with E-state index < -0.39 is 0 Å². The zero-order chi connectivity index (χ0) is 7.40. The van der Waals surface area contributed by atoms with Crippen LogP contribution in [0.15, 0.2) is 4.79 Å². The lowest BCUT2D eigenvalue weighted by molar-refractivity contribution is 0.313. The molecule has 0 saturated carbocycles. The van der Waals surface area contributed by atoms with Gasteiger partial charge in [-0.25, -0.2) is 5.10 Å². The summed E-state index contributed by atoms with van der Waals surface area (Å²) < 4.78 is 5.05. The minimum atomic E-state index is -0.175. The lowest BCUT2D eigenvalue weighted by atomic mass is 10.5. The molecule has 10 heavy (non-hydrogen) atoms. The third-order valence-corrected chi connectivity index (χ3v) is 1.51. The lowest BCUT2D eigenvalue weighted by Crippen LogP contribution is -1.93. The average molecular weight is 160 g/mol. The fourth-order valence-electron chi connectivity index (χ4n) is 0.467. The van der Waals surface area contributed by atoms with Crippen LogP contribution in [0.25, 0.3) is 0 Å². The third kappa shape index (κ3) is 1.84. The molecular weight excluding hydrogens is 152 g/mol. The Bertz CT molecular complexity index is 242. The van der Waals surface area contributed by atoms with Crippen molar-refractivity contribution in [3.05, 3.63) is 9.67 Å². The number of hydrogen-bond donors (Lipinski definition) is 1. The van der Waals surface area contributed by atoms with Gasteiger partial charge in [0.05, 0.1) is 6.61 Å². The largest absolute Gasteiger partial charge is 0.469 e. The van der Waals surface area contributed by atoms with Crippen molar-refractivity contribution in [1.82, 2.24) is 10.2 Å². The SMILES string of the molecule is CCCOc1n[nH]c(=O)s1. The zero-order valence-electron chi connectivity index (χ0n) is 5.59. The molecule has 0 aliphatic carbocycles. The Morgan fingerprint density at radius 1 is 1.80 bits per heavy atom. The minimum absolute atomic E-state index is 0.175. The van der Waals surface area contributed by atoms with Gasteiger partial charge in [-0.05, 0) is 17.8 Å². The highest BCUT2D eigenvalue weighted by molar-refractivity contribution is 7.10. The van der Waals surface area contributed by atoms with Crippen LogP contribution in [0.3, 0.4) is 0 Å². The molecule has 1 heterocycles. The number of nitrogens with one attached hydrogen (secondary N) is 1. The summed E-state index contributed by atoms with van der Waals surface area (Å²) in [6, 6.07) is 0. The molecule has 0 fully saturated rings. The summed E-state index contributed by atoms with van der Waals surface area (Å²) in [5.74, 6) is 0. The minimum Gasteiger partial charge on any atom is -0.469 e. The Balaban J connectivity index is 2.50. The average Bonchev–Trinajstić information content (AvgIpc) is 2.31. The van der Waals surface area contributed by atoms with Crippen molar-refractivity contribution in [2.75, 3.05) is 6.61 Å². The summed E-state index contributed by atoms with van der Waals surface area (Å²) in [4.78, 5) is 10.3. The molecule has 0 atom stereocenters. The highest BCUT2D eigenvalue weighted by Gasteiger charge is 1.96. The van der Waals surface area contributed by atoms with Crippen LogP contribution in [0.2, 0.25) is 0 Å². The summed E-state index contributed by atoms with van der Waals surface area (Å²) >= 11 is 0.983. The van der Waals surface area contributed by atoms with Crippen LogP contribution in [-0.2, 0) is 0 Å². The van der Waals surface area contributed by atoms with Gasteiger partial charge in [0, 0.05) is 0 Å². The van der Waals surface area contributed by atoms with E-state index in [1.165, 1.54) is 0 Å². The molecule has 5 heteroatoms. The van der Waals surface area contributed by atoms with E-state index in [4.69, 9.17) is 4.74 Å². The second kappa shape index (κ2) is 3.36. The van der Waals surface area contributed by atoms with Gasteiger partial charge in [0.2, 0.25) is 0 Å². The molecule has 56 valence electrons. The molecule has 1 N–H and O–H groups in total. The van der Waals surface area contributed by atoms with Gasteiger partial charge in [-0.3, -0.25) is 4.79 Å². The molecule has 0 aromatic carbocycles. The molecule has 0 radical (unpaired) electrons. The first-order valence-electron chi connectivity index (χ1n) is 3.01. The quantitative estimate of drug-likeness (QED) is 0.705. The summed E-state index contributed by atoms with van der Waals surface area (Å²) in [5, 5.41) is 6.30. The molecule has 0 aliphatic rings.